The van der Waals surface area contributed by atoms with Crippen LogP contribution in [0.4, 0.5) is 0 Å². The van der Waals surface area contributed by atoms with E-state index < -0.39 is 0 Å². The van der Waals surface area contributed by atoms with Gasteiger partial charge in [0.1, 0.15) is 5.91 Å². The Hall–Kier alpha value is 0.310. The molecule has 0 heterocycles. The van der Waals surface area contributed by atoms with Gasteiger partial charge in [-0.05, 0) is 28.2 Å². The third kappa shape index (κ3) is 3.11. The fraction of sp³-hybridized carbons (Fsp3) is 1.00. The highest BCUT2D eigenvalue weighted by Crippen LogP contribution is 2.16. The van der Waals surface area contributed by atoms with Crippen molar-refractivity contribution in [2.45, 2.75) is 5.91 Å². The van der Waals surface area contributed by atoms with E-state index in [1.165, 1.54) is 0 Å². The summed E-state index contributed by atoms with van der Waals surface area (Å²) >= 11 is 0. The molecular weight excluding hydrogens is 135 g/mol. The van der Waals surface area contributed by atoms with E-state index in [2.05, 4.69) is 0 Å². The molecule has 4 heteroatoms. The number of hydrogen-bond acceptors (Lipinski definition) is 3. The van der Waals surface area contributed by atoms with Crippen molar-refractivity contribution < 1.29 is 4.89 Å². The molecule has 0 rings (SSSR count). The highest BCUT2D eigenvalue weighted by Gasteiger charge is 2.10. The lowest BCUT2D eigenvalue weighted by Gasteiger charge is -2.27. The van der Waals surface area contributed by atoms with Gasteiger partial charge >= 0.3 is 0 Å². The molecule has 3 nitrogen and oxygen atoms in total. The Kier molecular flexibility index (Phi) is 4.32. The summed E-state index contributed by atoms with van der Waals surface area (Å²) in [5, 5.41) is 0. The van der Waals surface area contributed by atoms with Gasteiger partial charge in [-0.2, -0.15) is 0 Å². The first-order valence-electron chi connectivity index (χ1n) is 2.82. The van der Waals surface area contributed by atoms with Crippen molar-refractivity contribution in [2.75, 3.05) is 28.2 Å². The van der Waals surface area contributed by atoms with Gasteiger partial charge in [-0.1, -0.05) is 0 Å². The van der Waals surface area contributed by atoms with Crippen molar-refractivity contribution in [3.63, 3.8) is 0 Å². The van der Waals surface area contributed by atoms with E-state index in [1.54, 1.807) is 0 Å². The summed E-state index contributed by atoms with van der Waals surface area (Å²) in [6, 6.07) is 0. The van der Waals surface area contributed by atoms with E-state index in [1.807, 2.05) is 38.0 Å². The van der Waals surface area contributed by atoms with Crippen LogP contribution in [0.25, 0.3) is 0 Å². The molecule has 0 aliphatic heterocycles. The molecule has 1 unspecified atom stereocenters. The van der Waals surface area contributed by atoms with E-state index in [-0.39, 0.29) is 14.7 Å². The highest BCUT2D eigenvalue weighted by atomic mass is 31.1. The molecule has 0 aliphatic rings. The molecule has 1 atom stereocenters. The number of hydrogen-bond donors (Lipinski definition) is 1. The van der Waals surface area contributed by atoms with Crippen molar-refractivity contribution in [1.82, 2.24) is 9.80 Å². The van der Waals surface area contributed by atoms with Gasteiger partial charge in [-0.3, -0.25) is 9.80 Å². The van der Waals surface area contributed by atoms with E-state index in [4.69, 9.17) is 4.89 Å². The Morgan fingerprint density at radius 3 is 1.44 bits per heavy atom. The third-order valence-corrected chi connectivity index (χ3v) is 2.36. The van der Waals surface area contributed by atoms with Crippen molar-refractivity contribution >= 4 is 8.81 Å². The molecule has 0 amide bonds. The van der Waals surface area contributed by atoms with Gasteiger partial charge in [0.05, 0.1) is 0 Å². The molecule has 0 aromatic carbocycles. The second-order valence-corrected chi connectivity index (χ2v) is 3.20. The van der Waals surface area contributed by atoms with Gasteiger partial charge in [0, 0.05) is 8.81 Å². The first kappa shape index (κ1) is 9.31. The second-order valence-electron chi connectivity index (χ2n) is 2.43. The lowest BCUT2D eigenvalue weighted by molar-refractivity contribution is 0.201. The number of nitrogens with zero attached hydrogens (tertiary/aromatic N) is 2. The molecular formula is C5H15N2OP. The molecule has 9 heavy (non-hydrogen) atoms. The average Bonchev–Trinajstić information content (AvgIpc) is 1.64. The van der Waals surface area contributed by atoms with Crippen LogP contribution in [-0.4, -0.2) is 48.8 Å². The topological polar surface area (TPSA) is 26.7 Å². The Labute approximate surface area is 58.5 Å². The summed E-state index contributed by atoms with van der Waals surface area (Å²) < 4.78 is 0. The van der Waals surface area contributed by atoms with E-state index in [0.717, 1.165) is 0 Å². The smallest absolute Gasteiger partial charge is 0.104 e. The first-order valence-corrected chi connectivity index (χ1v) is 3.84. The van der Waals surface area contributed by atoms with Gasteiger partial charge in [-0.25, -0.2) is 0 Å². The maximum Gasteiger partial charge on any atom is 0.104 e. The monoisotopic (exact) mass is 150 g/mol. The van der Waals surface area contributed by atoms with Gasteiger partial charge in [0.25, 0.3) is 0 Å². The standard InChI is InChI=1S/C5H15N2OP/c1-6(2)5(9-8)7(3)4/h5,8-9H,1-4H3. The predicted molar refractivity (Wildman–Crippen MR) is 41.7 cm³/mol. The van der Waals surface area contributed by atoms with Crippen LogP contribution in [0.2, 0.25) is 0 Å². The molecule has 0 saturated heterocycles. The first-order chi connectivity index (χ1) is 4.09. The maximum absolute atomic E-state index is 8.81. The molecule has 0 spiro atoms. The van der Waals surface area contributed by atoms with Crippen LogP contribution < -0.4 is 0 Å². The van der Waals surface area contributed by atoms with Gasteiger partial charge < -0.3 is 4.89 Å². The Morgan fingerprint density at radius 1 is 1.11 bits per heavy atom. The SMILES string of the molecule is CN(C)C(PO)N(C)C. The lowest BCUT2D eigenvalue weighted by Crippen LogP contribution is -2.36. The summed E-state index contributed by atoms with van der Waals surface area (Å²) in [4.78, 5) is 12.8. The largest absolute Gasteiger partial charge is 0.374 e. The number of rotatable bonds is 3. The molecule has 56 valence electrons. The van der Waals surface area contributed by atoms with Crippen molar-refractivity contribution in [1.29, 1.82) is 0 Å². The van der Waals surface area contributed by atoms with Gasteiger partial charge in [-0.15, -0.1) is 0 Å². The molecule has 0 aromatic heterocycles. The Bertz CT molecular complexity index is 69.4. The molecule has 1 N–H and O–H groups in total. The molecule has 0 saturated carbocycles. The summed E-state index contributed by atoms with van der Waals surface area (Å²) in [7, 11) is 7.77. The van der Waals surface area contributed by atoms with Crippen LogP contribution >= 0.6 is 8.81 Å². The molecule has 0 bridgehead atoms. The Balaban J connectivity index is 3.68. The van der Waals surface area contributed by atoms with Crippen LogP contribution in [0.1, 0.15) is 0 Å². The van der Waals surface area contributed by atoms with Crippen LogP contribution in [0.5, 0.6) is 0 Å². The second kappa shape index (κ2) is 4.18. The van der Waals surface area contributed by atoms with Crippen molar-refractivity contribution in [3.05, 3.63) is 0 Å². The third-order valence-electron chi connectivity index (χ3n) is 1.09. The zero-order valence-electron chi connectivity index (χ0n) is 6.42. The molecule has 0 aromatic rings. The van der Waals surface area contributed by atoms with Crippen molar-refractivity contribution in [3.8, 4) is 0 Å². The Morgan fingerprint density at radius 2 is 1.44 bits per heavy atom. The van der Waals surface area contributed by atoms with Crippen LogP contribution in [0.15, 0.2) is 0 Å². The van der Waals surface area contributed by atoms with E-state index >= 15 is 0 Å². The minimum Gasteiger partial charge on any atom is -0.374 e. The predicted octanol–water partition coefficient (Wildman–Crippen LogP) is -0.0210. The van der Waals surface area contributed by atoms with Crippen LogP contribution in [0, 0.1) is 0 Å². The summed E-state index contributed by atoms with van der Waals surface area (Å²) in [5.74, 6) is 0.171. The van der Waals surface area contributed by atoms with Crippen molar-refractivity contribution in [2.24, 2.45) is 0 Å². The maximum atomic E-state index is 8.81. The highest BCUT2D eigenvalue weighted by molar-refractivity contribution is 7.31. The zero-order chi connectivity index (χ0) is 7.44. The normalized spacial score (nSPS) is 13.3. The molecule has 0 radical (unpaired) electrons. The minimum atomic E-state index is -0.0386. The summed E-state index contributed by atoms with van der Waals surface area (Å²) in [6.45, 7) is 0. The van der Waals surface area contributed by atoms with Crippen LogP contribution in [-0.2, 0) is 0 Å². The fourth-order valence-electron chi connectivity index (χ4n) is 0.693. The fourth-order valence-corrected chi connectivity index (χ4v) is 1.15. The summed E-state index contributed by atoms with van der Waals surface area (Å²) in [5.41, 5.74) is 0. The lowest BCUT2D eigenvalue weighted by atomic mass is 10.8. The van der Waals surface area contributed by atoms with Gasteiger partial charge in [0.2, 0.25) is 0 Å². The zero-order valence-corrected chi connectivity index (χ0v) is 7.42. The van der Waals surface area contributed by atoms with Gasteiger partial charge in [0.15, 0.2) is 0 Å². The summed E-state index contributed by atoms with van der Waals surface area (Å²) in [6.07, 6.45) is 0. The van der Waals surface area contributed by atoms with E-state index in [9.17, 15) is 0 Å². The molecule has 0 aliphatic carbocycles. The van der Waals surface area contributed by atoms with E-state index in [0.29, 0.717) is 0 Å². The quantitative estimate of drug-likeness (QED) is 0.452. The average molecular weight is 150 g/mol. The van der Waals surface area contributed by atoms with Crippen LogP contribution in [0.3, 0.4) is 0 Å². The minimum absolute atomic E-state index is 0.0386. The molecule has 0 fully saturated rings.